The van der Waals surface area contributed by atoms with Crippen LogP contribution in [0.25, 0.3) is 10.2 Å². The highest BCUT2D eigenvalue weighted by atomic mass is 32.1. The number of ether oxygens (including phenoxy) is 1. The molecule has 152 valence electrons. The van der Waals surface area contributed by atoms with E-state index in [1.54, 1.807) is 11.3 Å². The Kier molecular flexibility index (Phi) is 6.28. The molecule has 2 aromatic rings. The Morgan fingerprint density at radius 3 is 2.68 bits per heavy atom. The number of rotatable bonds is 6. The molecule has 2 fully saturated rings. The molecule has 1 aliphatic carbocycles. The number of amides is 1. The molecular formula is C22H31N3O2S. The molecule has 1 saturated carbocycles. The molecule has 0 unspecified atom stereocenters. The summed E-state index contributed by atoms with van der Waals surface area (Å²) in [5.74, 6) is 0.464. The van der Waals surface area contributed by atoms with Crippen molar-refractivity contribution in [3.05, 3.63) is 23.3 Å². The summed E-state index contributed by atoms with van der Waals surface area (Å²) in [6, 6.07) is 4.36. The smallest absolute Gasteiger partial charge is 0.231 e. The van der Waals surface area contributed by atoms with Gasteiger partial charge in [-0.3, -0.25) is 14.6 Å². The number of aryl methyl sites for hydroxylation is 2. The van der Waals surface area contributed by atoms with Crippen LogP contribution >= 0.6 is 11.3 Å². The lowest BCUT2D eigenvalue weighted by atomic mass is 10.1. The van der Waals surface area contributed by atoms with Gasteiger partial charge in [0.15, 0.2) is 5.13 Å². The molecule has 28 heavy (non-hydrogen) atoms. The van der Waals surface area contributed by atoms with Crippen LogP contribution in [0.3, 0.4) is 0 Å². The molecule has 1 aliphatic heterocycles. The second-order valence-electron chi connectivity index (χ2n) is 8.18. The summed E-state index contributed by atoms with van der Waals surface area (Å²) in [5, 5.41) is 0.874. The van der Waals surface area contributed by atoms with Crippen LogP contribution in [0, 0.1) is 19.8 Å². The molecule has 0 N–H and O–H groups in total. The molecule has 1 aromatic heterocycles. The maximum atomic E-state index is 13.3. The van der Waals surface area contributed by atoms with E-state index in [0.717, 1.165) is 69.3 Å². The Hall–Kier alpha value is -1.50. The average molecular weight is 402 g/mol. The highest BCUT2D eigenvalue weighted by Crippen LogP contribution is 2.34. The summed E-state index contributed by atoms with van der Waals surface area (Å²) in [5.41, 5.74) is 3.55. The molecule has 1 amide bonds. The van der Waals surface area contributed by atoms with Gasteiger partial charge in [-0.1, -0.05) is 24.2 Å². The third-order valence-electron chi connectivity index (χ3n) is 6.15. The average Bonchev–Trinajstić information content (AvgIpc) is 3.36. The monoisotopic (exact) mass is 401 g/mol. The molecule has 2 heterocycles. The molecule has 2 aliphatic rings. The van der Waals surface area contributed by atoms with E-state index in [1.165, 1.54) is 28.7 Å². The number of morpholine rings is 1. The molecule has 0 radical (unpaired) electrons. The standard InChI is InChI=1S/C22H31N3O2S/c1-16-14-19-20(15-17(16)2)28-22(23-19)25(21(26)18-6-3-4-7-18)9-5-8-24-10-12-27-13-11-24/h14-15,18H,3-13H2,1-2H3. The zero-order valence-corrected chi connectivity index (χ0v) is 17.9. The van der Waals surface area contributed by atoms with Gasteiger partial charge in [0, 0.05) is 32.1 Å². The lowest BCUT2D eigenvalue weighted by Crippen LogP contribution is -2.40. The zero-order valence-electron chi connectivity index (χ0n) is 17.1. The van der Waals surface area contributed by atoms with Gasteiger partial charge in [-0.25, -0.2) is 4.98 Å². The Balaban J connectivity index is 1.52. The fraction of sp³-hybridized carbons (Fsp3) is 0.636. The number of carbonyl (C=O) groups is 1. The van der Waals surface area contributed by atoms with Crippen molar-refractivity contribution in [1.29, 1.82) is 0 Å². The van der Waals surface area contributed by atoms with Crippen molar-refractivity contribution in [2.24, 2.45) is 5.92 Å². The molecule has 0 atom stereocenters. The molecular weight excluding hydrogens is 370 g/mol. The van der Waals surface area contributed by atoms with Gasteiger partial charge in [-0.2, -0.15) is 0 Å². The predicted molar refractivity (Wildman–Crippen MR) is 115 cm³/mol. The van der Waals surface area contributed by atoms with Crippen LogP contribution in [0.5, 0.6) is 0 Å². The number of anilines is 1. The number of benzene rings is 1. The maximum absolute atomic E-state index is 13.3. The van der Waals surface area contributed by atoms with E-state index in [-0.39, 0.29) is 11.8 Å². The zero-order chi connectivity index (χ0) is 19.5. The normalized spacial score (nSPS) is 18.8. The summed E-state index contributed by atoms with van der Waals surface area (Å²) in [6.07, 6.45) is 5.39. The summed E-state index contributed by atoms with van der Waals surface area (Å²) < 4.78 is 6.62. The van der Waals surface area contributed by atoms with Crippen LogP contribution in [0.4, 0.5) is 5.13 Å². The predicted octanol–water partition coefficient (Wildman–Crippen LogP) is 4.16. The first-order valence-electron chi connectivity index (χ1n) is 10.6. The highest BCUT2D eigenvalue weighted by molar-refractivity contribution is 7.22. The number of nitrogens with zero attached hydrogens (tertiary/aromatic N) is 3. The highest BCUT2D eigenvalue weighted by Gasteiger charge is 2.29. The lowest BCUT2D eigenvalue weighted by Gasteiger charge is -2.28. The third-order valence-corrected chi connectivity index (χ3v) is 7.19. The first kappa shape index (κ1) is 19.8. The minimum atomic E-state index is 0.180. The third kappa shape index (κ3) is 4.39. The van der Waals surface area contributed by atoms with E-state index in [4.69, 9.17) is 9.72 Å². The van der Waals surface area contributed by atoms with E-state index in [2.05, 4.69) is 30.9 Å². The van der Waals surface area contributed by atoms with Gasteiger partial charge in [0.2, 0.25) is 5.91 Å². The first-order valence-corrected chi connectivity index (χ1v) is 11.4. The number of fused-ring (bicyclic) bond motifs is 1. The van der Waals surface area contributed by atoms with E-state index in [1.807, 2.05) is 4.90 Å². The summed E-state index contributed by atoms with van der Waals surface area (Å²) >= 11 is 1.66. The van der Waals surface area contributed by atoms with Crippen molar-refractivity contribution in [3.8, 4) is 0 Å². The number of hydrogen-bond acceptors (Lipinski definition) is 5. The Bertz CT molecular complexity index is 784. The van der Waals surface area contributed by atoms with E-state index < -0.39 is 0 Å². The van der Waals surface area contributed by atoms with Gasteiger partial charge >= 0.3 is 0 Å². The molecule has 1 saturated heterocycles. The molecule has 0 bridgehead atoms. The number of thiazole rings is 1. The quantitative estimate of drug-likeness (QED) is 0.729. The van der Waals surface area contributed by atoms with Crippen molar-refractivity contribution in [1.82, 2.24) is 9.88 Å². The molecule has 1 aromatic carbocycles. The molecule has 5 nitrogen and oxygen atoms in total. The van der Waals surface area contributed by atoms with Crippen LogP contribution in [-0.2, 0) is 9.53 Å². The summed E-state index contributed by atoms with van der Waals surface area (Å²) in [4.78, 5) is 22.6. The van der Waals surface area contributed by atoms with Crippen molar-refractivity contribution < 1.29 is 9.53 Å². The maximum Gasteiger partial charge on any atom is 0.231 e. The van der Waals surface area contributed by atoms with E-state index in [0.29, 0.717) is 0 Å². The summed E-state index contributed by atoms with van der Waals surface area (Å²) in [7, 11) is 0. The van der Waals surface area contributed by atoms with Gasteiger partial charge < -0.3 is 4.74 Å². The Morgan fingerprint density at radius 1 is 1.21 bits per heavy atom. The van der Waals surface area contributed by atoms with Gasteiger partial charge in [0.05, 0.1) is 23.4 Å². The Labute approximate surface area is 171 Å². The summed E-state index contributed by atoms with van der Waals surface area (Å²) in [6.45, 7) is 9.66. The van der Waals surface area contributed by atoms with Gasteiger partial charge in [0.25, 0.3) is 0 Å². The van der Waals surface area contributed by atoms with Crippen molar-refractivity contribution >= 4 is 32.6 Å². The number of hydrogen-bond donors (Lipinski definition) is 0. The largest absolute Gasteiger partial charge is 0.379 e. The van der Waals surface area contributed by atoms with Gasteiger partial charge in [-0.15, -0.1) is 0 Å². The van der Waals surface area contributed by atoms with Crippen molar-refractivity contribution in [2.45, 2.75) is 46.0 Å². The van der Waals surface area contributed by atoms with Crippen LogP contribution in [0.2, 0.25) is 0 Å². The Morgan fingerprint density at radius 2 is 1.93 bits per heavy atom. The lowest BCUT2D eigenvalue weighted by molar-refractivity contribution is -0.122. The van der Waals surface area contributed by atoms with Crippen LogP contribution < -0.4 is 4.90 Å². The minimum Gasteiger partial charge on any atom is -0.379 e. The van der Waals surface area contributed by atoms with Crippen LogP contribution in [-0.4, -0.2) is 55.2 Å². The topological polar surface area (TPSA) is 45.7 Å². The SMILES string of the molecule is Cc1cc2nc(N(CCCN3CCOCC3)C(=O)C3CCCC3)sc2cc1C. The number of carbonyl (C=O) groups excluding carboxylic acids is 1. The fourth-order valence-electron chi connectivity index (χ4n) is 4.25. The van der Waals surface area contributed by atoms with Gasteiger partial charge in [-0.05, 0) is 56.4 Å². The van der Waals surface area contributed by atoms with Crippen molar-refractivity contribution in [3.63, 3.8) is 0 Å². The molecule has 4 rings (SSSR count). The number of aromatic nitrogens is 1. The van der Waals surface area contributed by atoms with Crippen LogP contribution in [0.1, 0.15) is 43.2 Å². The molecule has 0 spiro atoms. The van der Waals surface area contributed by atoms with E-state index in [9.17, 15) is 4.79 Å². The van der Waals surface area contributed by atoms with Crippen LogP contribution in [0.15, 0.2) is 12.1 Å². The molecule has 6 heteroatoms. The second-order valence-corrected chi connectivity index (χ2v) is 9.19. The van der Waals surface area contributed by atoms with Crippen molar-refractivity contribution in [2.75, 3.05) is 44.3 Å². The minimum absolute atomic E-state index is 0.180. The van der Waals surface area contributed by atoms with E-state index >= 15 is 0 Å². The fourth-order valence-corrected chi connectivity index (χ4v) is 5.33. The first-order chi connectivity index (χ1) is 13.6. The second kappa shape index (κ2) is 8.89. The van der Waals surface area contributed by atoms with Gasteiger partial charge in [0.1, 0.15) is 0 Å².